The molecule has 0 aliphatic rings. The van der Waals surface area contributed by atoms with Gasteiger partial charge in [-0.25, -0.2) is 4.98 Å². The van der Waals surface area contributed by atoms with Crippen LogP contribution in [0.3, 0.4) is 0 Å². The maximum absolute atomic E-state index is 12.4. The Bertz CT molecular complexity index is 574. The standard InChI is InChI=1S/C10H8F3N3O/c11-10(12,13)6-1-2-9-15-7(8(17)3-14)5-16(9)4-6/h1-2,4-5H,3,14H2. The van der Waals surface area contributed by atoms with Crippen molar-refractivity contribution >= 4 is 11.4 Å². The predicted molar refractivity (Wildman–Crippen MR) is 53.6 cm³/mol. The molecule has 2 aromatic heterocycles. The van der Waals surface area contributed by atoms with Crippen LogP contribution in [0.5, 0.6) is 0 Å². The first-order chi connectivity index (χ1) is 7.91. The first-order valence-electron chi connectivity index (χ1n) is 4.71. The molecule has 0 unspecified atom stereocenters. The van der Waals surface area contributed by atoms with Crippen molar-refractivity contribution in [3.05, 3.63) is 35.8 Å². The molecule has 0 saturated heterocycles. The van der Waals surface area contributed by atoms with E-state index in [4.69, 9.17) is 5.73 Å². The van der Waals surface area contributed by atoms with Gasteiger partial charge in [-0.2, -0.15) is 13.2 Å². The maximum Gasteiger partial charge on any atom is 0.417 e. The third-order valence-electron chi connectivity index (χ3n) is 2.25. The molecule has 4 nitrogen and oxygen atoms in total. The van der Waals surface area contributed by atoms with Gasteiger partial charge in [-0.1, -0.05) is 0 Å². The van der Waals surface area contributed by atoms with Crippen molar-refractivity contribution in [2.45, 2.75) is 6.18 Å². The summed E-state index contributed by atoms with van der Waals surface area (Å²) in [4.78, 5) is 15.1. The topological polar surface area (TPSA) is 60.4 Å². The number of nitrogens with zero attached hydrogens (tertiary/aromatic N) is 2. The zero-order valence-corrected chi connectivity index (χ0v) is 8.53. The van der Waals surface area contributed by atoms with Crippen LogP contribution in [0, 0.1) is 0 Å². The Morgan fingerprint density at radius 2 is 2.06 bits per heavy atom. The minimum absolute atomic E-state index is 0.0619. The number of nitrogens with two attached hydrogens (primary N) is 1. The molecule has 0 amide bonds. The number of alkyl halides is 3. The molecular formula is C10H8F3N3O. The summed E-state index contributed by atoms with van der Waals surface area (Å²) in [6, 6.07) is 2.12. The Kier molecular flexibility index (Phi) is 2.62. The van der Waals surface area contributed by atoms with Gasteiger partial charge >= 0.3 is 6.18 Å². The number of halogens is 3. The maximum atomic E-state index is 12.4. The first kappa shape index (κ1) is 11.6. The Labute approximate surface area is 93.9 Å². The van der Waals surface area contributed by atoms with Crippen molar-refractivity contribution in [3.8, 4) is 0 Å². The summed E-state index contributed by atoms with van der Waals surface area (Å²) >= 11 is 0. The summed E-state index contributed by atoms with van der Waals surface area (Å²) in [5, 5.41) is 0. The molecule has 0 saturated carbocycles. The van der Waals surface area contributed by atoms with Gasteiger partial charge in [-0.15, -0.1) is 0 Å². The van der Waals surface area contributed by atoms with Crippen LogP contribution in [0.1, 0.15) is 16.1 Å². The molecule has 0 bridgehead atoms. The fourth-order valence-electron chi connectivity index (χ4n) is 1.40. The van der Waals surface area contributed by atoms with E-state index < -0.39 is 17.5 Å². The van der Waals surface area contributed by atoms with Crippen LogP contribution in [0.15, 0.2) is 24.5 Å². The normalized spacial score (nSPS) is 12.0. The third-order valence-corrected chi connectivity index (χ3v) is 2.25. The van der Waals surface area contributed by atoms with Gasteiger partial charge in [0.1, 0.15) is 11.3 Å². The number of Topliss-reactive ketones (excluding diaryl/α,β-unsaturated/α-hetero) is 1. The summed E-state index contributed by atoms with van der Waals surface area (Å²) in [6.45, 7) is -0.226. The summed E-state index contributed by atoms with van der Waals surface area (Å²) < 4.78 is 38.4. The average molecular weight is 243 g/mol. The van der Waals surface area contributed by atoms with Gasteiger partial charge in [0.2, 0.25) is 0 Å². The summed E-state index contributed by atoms with van der Waals surface area (Å²) in [7, 11) is 0. The average Bonchev–Trinajstić information content (AvgIpc) is 2.69. The molecule has 2 aromatic rings. The van der Waals surface area contributed by atoms with Crippen molar-refractivity contribution in [3.63, 3.8) is 0 Å². The molecule has 7 heteroatoms. The minimum Gasteiger partial charge on any atom is -0.324 e. The second-order valence-electron chi connectivity index (χ2n) is 3.43. The van der Waals surface area contributed by atoms with Gasteiger partial charge in [0.25, 0.3) is 0 Å². The van der Waals surface area contributed by atoms with E-state index in [1.54, 1.807) is 0 Å². The van der Waals surface area contributed by atoms with E-state index in [9.17, 15) is 18.0 Å². The van der Waals surface area contributed by atoms with Gasteiger partial charge in [-0.05, 0) is 12.1 Å². The smallest absolute Gasteiger partial charge is 0.324 e. The number of pyridine rings is 1. The van der Waals surface area contributed by atoms with E-state index in [1.807, 2.05) is 0 Å². The van der Waals surface area contributed by atoms with Crippen LogP contribution in [0.25, 0.3) is 5.65 Å². The van der Waals surface area contributed by atoms with E-state index in [0.717, 1.165) is 16.7 Å². The van der Waals surface area contributed by atoms with E-state index >= 15 is 0 Å². The monoisotopic (exact) mass is 243 g/mol. The summed E-state index contributed by atoms with van der Waals surface area (Å²) in [5.41, 5.74) is 4.68. The van der Waals surface area contributed by atoms with Crippen LogP contribution < -0.4 is 5.73 Å². The number of rotatable bonds is 2. The SMILES string of the molecule is NCC(=O)c1cn2cc(C(F)(F)F)ccc2n1. The zero-order chi connectivity index (χ0) is 12.6. The molecule has 2 rings (SSSR count). The molecule has 0 aliphatic carbocycles. The van der Waals surface area contributed by atoms with Crippen molar-refractivity contribution < 1.29 is 18.0 Å². The zero-order valence-electron chi connectivity index (χ0n) is 8.53. The van der Waals surface area contributed by atoms with Crippen LogP contribution in [-0.4, -0.2) is 21.7 Å². The molecule has 2 N–H and O–H groups in total. The second kappa shape index (κ2) is 3.85. The van der Waals surface area contributed by atoms with Gasteiger partial charge in [0.15, 0.2) is 5.78 Å². The lowest BCUT2D eigenvalue weighted by Crippen LogP contribution is -2.13. The largest absolute Gasteiger partial charge is 0.417 e. The predicted octanol–water partition coefficient (Wildman–Crippen LogP) is 1.49. The first-order valence-corrected chi connectivity index (χ1v) is 4.71. The van der Waals surface area contributed by atoms with Gasteiger partial charge in [0, 0.05) is 12.4 Å². The third kappa shape index (κ3) is 2.14. The van der Waals surface area contributed by atoms with E-state index in [1.165, 1.54) is 12.3 Å². The van der Waals surface area contributed by atoms with E-state index in [2.05, 4.69) is 4.98 Å². The molecule has 0 spiro atoms. The van der Waals surface area contributed by atoms with Crippen LogP contribution >= 0.6 is 0 Å². The van der Waals surface area contributed by atoms with Gasteiger partial charge in [-0.3, -0.25) is 4.79 Å². The van der Waals surface area contributed by atoms with E-state index in [-0.39, 0.29) is 17.9 Å². The van der Waals surface area contributed by atoms with Crippen LogP contribution in [-0.2, 0) is 6.18 Å². The Morgan fingerprint density at radius 1 is 1.35 bits per heavy atom. The summed E-state index contributed by atoms with van der Waals surface area (Å²) in [6.07, 6.45) is -2.30. The number of hydrogen-bond donors (Lipinski definition) is 1. The highest BCUT2D eigenvalue weighted by molar-refractivity contribution is 5.96. The van der Waals surface area contributed by atoms with Crippen LogP contribution in [0.4, 0.5) is 13.2 Å². The lowest BCUT2D eigenvalue weighted by Gasteiger charge is -2.05. The highest BCUT2D eigenvalue weighted by Gasteiger charge is 2.30. The minimum atomic E-state index is -4.42. The Balaban J connectivity index is 2.52. The lowest BCUT2D eigenvalue weighted by molar-refractivity contribution is -0.137. The number of fused-ring (bicyclic) bond motifs is 1. The van der Waals surface area contributed by atoms with Gasteiger partial charge < -0.3 is 10.1 Å². The number of hydrogen-bond acceptors (Lipinski definition) is 3. The molecule has 17 heavy (non-hydrogen) atoms. The molecule has 0 aromatic carbocycles. The Morgan fingerprint density at radius 3 is 2.65 bits per heavy atom. The molecule has 90 valence electrons. The number of carbonyl (C=O) groups is 1. The molecule has 0 aliphatic heterocycles. The molecule has 0 fully saturated rings. The summed E-state index contributed by atoms with van der Waals surface area (Å²) in [5.74, 6) is -0.415. The van der Waals surface area contributed by atoms with Gasteiger partial charge in [0.05, 0.1) is 12.1 Å². The lowest BCUT2D eigenvalue weighted by atomic mass is 10.3. The molecule has 0 atom stereocenters. The highest BCUT2D eigenvalue weighted by Crippen LogP contribution is 2.29. The fraction of sp³-hybridized carbons (Fsp3) is 0.200. The van der Waals surface area contributed by atoms with Crippen molar-refractivity contribution in [2.24, 2.45) is 5.73 Å². The van der Waals surface area contributed by atoms with Crippen molar-refractivity contribution in [1.82, 2.24) is 9.38 Å². The quantitative estimate of drug-likeness (QED) is 0.813. The van der Waals surface area contributed by atoms with E-state index in [0.29, 0.717) is 0 Å². The number of aromatic nitrogens is 2. The highest BCUT2D eigenvalue weighted by atomic mass is 19.4. The van der Waals surface area contributed by atoms with Crippen molar-refractivity contribution in [2.75, 3.05) is 6.54 Å². The molecule has 2 heterocycles. The fourth-order valence-corrected chi connectivity index (χ4v) is 1.40. The van der Waals surface area contributed by atoms with Crippen molar-refractivity contribution in [1.29, 1.82) is 0 Å². The Hall–Kier alpha value is -1.89. The second-order valence-corrected chi connectivity index (χ2v) is 3.43. The number of imidazole rings is 1. The number of carbonyl (C=O) groups excluding carboxylic acids is 1. The molecular weight excluding hydrogens is 235 g/mol. The molecule has 0 radical (unpaired) electrons. The van der Waals surface area contributed by atoms with Crippen LogP contribution in [0.2, 0.25) is 0 Å². The number of ketones is 1.